The van der Waals surface area contributed by atoms with Crippen LogP contribution in [0.5, 0.6) is 0 Å². The molecule has 0 bridgehead atoms. The van der Waals surface area contributed by atoms with Crippen molar-refractivity contribution in [2.75, 3.05) is 5.32 Å². The summed E-state index contributed by atoms with van der Waals surface area (Å²) in [6.45, 7) is 3.85. The molecule has 0 saturated heterocycles. The normalized spacial score (nSPS) is 11.1. The Labute approximate surface area is 188 Å². The van der Waals surface area contributed by atoms with Gasteiger partial charge in [0.1, 0.15) is 11.4 Å². The van der Waals surface area contributed by atoms with E-state index in [0.29, 0.717) is 23.4 Å². The molecule has 0 aliphatic rings. The van der Waals surface area contributed by atoms with Gasteiger partial charge in [-0.25, -0.2) is 15.0 Å². The van der Waals surface area contributed by atoms with Crippen LogP contribution in [0.3, 0.4) is 0 Å². The van der Waals surface area contributed by atoms with E-state index < -0.39 is 0 Å². The van der Waals surface area contributed by atoms with Gasteiger partial charge < -0.3 is 24.7 Å². The lowest BCUT2D eigenvalue weighted by atomic mass is 10.1. The molecule has 0 spiro atoms. The number of rotatable bonds is 6. The van der Waals surface area contributed by atoms with Gasteiger partial charge in [0.05, 0.1) is 18.6 Å². The van der Waals surface area contributed by atoms with Gasteiger partial charge in [-0.1, -0.05) is 5.16 Å². The third-order valence-electron chi connectivity index (χ3n) is 5.02. The molecule has 1 amide bonds. The average Bonchev–Trinajstić information content (AvgIpc) is 3.52. The number of amides is 1. The summed E-state index contributed by atoms with van der Waals surface area (Å²) in [7, 11) is 1.91. The minimum Gasteiger partial charge on any atom is -0.350 e. The van der Waals surface area contributed by atoms with Crippen molar-refractivity contribution in [3.63, 3.8) is 0 Å². The fraction of sp³-hybridized carbons (Fsp3) is 0.182. The summed E-state index contributed by atoms with van der Waals surface area (Å²) < 4.78 is 6.89. The Morgan fingerprint density at radius 1 is 1.15 bits per heavy atom. The molecule has 166 valence electrons. The molecule has 5 rings (SSSR count). The van der Waals surface area contributed by atoms with E-state index in [9.17, 15) is 4.79 Å². The third kappa shape index (κ3) is 4.28. The van der Waals surface area contributed by atoms with Crippen molar-refractivity contribution in [1.29, 1.82) is 0 Å². The van der Waals surface area contributed by atoms with Gasteiger partial charge in [0, 0.05) is 36.0 Å². The fourth-order valence-electron chi connectivity index (χ4n) is 3.52. The number of aryl methyl sites for hydroxylation is 3. The molecule has 5 aromatic rings. The maximum absolute atomic E-state index is 12.6. The number of aromatic nitrogens is 7. The average molecular weight is 443 g/mol. The third-order valence-corrected chi connectivity index (χ3v) is 5.02. The maximum Gasteiger partial charge on any atom is 0.268 e. The van der Waals surface area contributed by atoms with E-state index in [1.54, 1.807) is 25.5 Å². The van der Waals surface area contributed by atoms with Crippen molar-refractivity contribution in [1.82, 2.24) is 40.0 Å². The molecule has 11 nitrogen and oxygen atoms in total. The standard InChI is InChI=1S/C22H21N9O2/c1-12-6-15(27-22-23-5-4-16(29-22)18-10-31(3)11-25-18)7-14-8-17(28-20(12)14)21(32)24-9-19-26-13(2)30-33-19/h4-8,10-11,28H,9H2,1-3H3,(H,24,32)(H,23,27,29). The SMILES string of the molecule is Cc1noc(CNC(=O)c2cc3cc(Nc4nccc(-c5cn(C)cn5)n4)cc(C)c3[nH]2)n1. The zero-order valence-electron chi connectivity index (χ0n) is 18.2. The number of carbonyl (C=O) groups excluding carboxylic acids is 1. The quantitative estimate of drug-likeness (QED) is 0.364. The van der Waals surface area contributed by atoms with Crippen LogP contribution in [-0.2, 0) is 13.6 Å². The van der Waals surface area contributed by atoms with Crippen LogP contribution in [0.1, 0.15) is 27.8 Å². The summed E-state index contributed by atoms with van der Waals surface area (Å²) in [6, 6.07) is 7.52. The number of imidazole rings is 1. The molecule has 0 fully saturated rings. The predicted molar refractivity (Wildman–Crippen MR) is 121 cm³/mol. The van der Waals surface area contributed by atoms with Crippen LogP contribution in [0, 0.1) is 13.8 Å². The zero-order chi connectivity index (χ0) is 22.9. The number of nitrogens with zero attached hydrogens (tertiary/aromatic N) is 6. The molecule has 0 radical (unpaired) electrons. The molecule has 0 atom stereocenters. The van der Waals surface area contributed by atoms with Gasteiger partial charge in [-0.15, -0.1) is 0 Å². The summed E-state index contributed by atoms with van der Waals surface area (Å²) in [4.78, 5) is 33.1. The fourth-order valence-corrected chi connectivity index (χ4v) is 3.52. The second kappa shape index (κ2) is 8.19. The highest BCUT2D eigenvalue weighted by molar-refractivity contribution is 5.99. The number of hydrogen-bond acceptors (Lipinski definition) is 8. The molecule has 4 heterocycles. The van der Waals surface area contributed by atoms with Crippen molar-refractivity contribution in [2.24, 2.45) is 7.05 Å². The Kier molecular flexibility index (Phi) is 5.05. The minimum absolute atomic E-state index is 0.158. The Bertz CT molecular complexity index is 1460. The van der Waals surface area contributed by atoms with Crippen LogP contribution < -0.4 is 10.6 Å². The molecule has 0 saturated carbocycles. The zero-order valence-corrected chi connectivity index (χ0v) is 18.2. The van der Waals surface area contributed by atoms with Crippen LogP contribution in [0.4, 0.5) is 11.6 Å². The Morgan fingerprint density at radius 3 is 2.79 bits per heavy atom. The second-order valence-electron chi connectivity index (χ2n) is 7.67. The number of anilines is 2. The smallest absolute Gasteiger partial charge is 0.268 e. The summed E-state index contributed by atoms with van der Waals surface area (Å²) in [5, 5.41) is 10.6. The first-order chi connectivity index (χ1) is 15.9. The van der Waals surface area contributed by atoms with Gasteiger partial charge in [-0.05, 0) is 43.7 Å². The summed E-state index contributed by atoms with van der Waals surface area (Å²) >= 11 is 0. The van der Waals surface area contributed by atoms with Gasteiger partial charge in [0.25, 0.3) is 5.91 Å². The van der Waals surface area contributed by atoms with Crippen LogP contribution in [0.2, 0.25) is 0 Å². The lowest BCUT2D eigenvalue weighted by Gasteiger charge is -2.07. The van der Waals surface area contributed by atoms with Gasteiger partial charge in [0.15, 0.2) is 5.82 Å². The van der Waals surface area contributed by atoms with Crippen molar-refractivity contribution in [2.45, 2.75) is 20.4 Å². The summed E-state index contributed by atoms with van der Waals surface area (Å²) in [5.41, 5.74) is 4.60. The summed E-state index contributed by atoms with van der Waals surface area (Å²) in [6.07, 6.45) is 5.31. The number of H-pyrrole nitrogens is 1. The predicted octanol–water partition coefficient (Wildman–Crippen LogP) is 3.03. The first-order valence-electron chi connectivity index (χ1n) is 10.2. The van der Waals surface area contributed by atoms with Crippen molar-refractivity contribution in [3.05, 3.63) is 66.0 Å². The number of benzene rings is 1. The van der Waals surface area contributed by atoms with Crippen molar-refractivity contribution < 1.29 is 9.32 Å². The van der Waals surface area contributed by atoms with Crippen LogP contribution in [0.25, 0.3) is 22.3 Å². The lowest BCUT2D eigenvalue weighted by molar-refractivity contribution is 0.0942. The van der Waals surface area contributed by atoms with Crippen LogP contribution >= 0.6 is 0 Å². The number of carbonyl (C=O) groups is 1. The molecule has 1 aromatic carbocycles. The minimum atomic E-state index is -0.262. The van der Waals surface area contributed by atoms with E-state index in [1.165, 1.54) is 0 Å². The van der Waals surface area contributed by atoms with E-state index in [-0.39, 0.29) is 12.5 Å². The Balaban J connectivity index is 1.35. The highest BCUT2D eigenvalue weighted by atomic mass is 16.5. The molecule has 0 aliphatic carbocycles. The van der Waals surface area contributed by atoms with E-state index in [4.69, 9.17) is 4.52 Å². The number of fused-ring (bicyclic) bond motifs is 1. The van der Waals surface area contributed by atoms with Gasteiger partial charge in [0.2, 0.25) is 11.8 Å². The van der Waals surface area contributed by atoms with E-state index >= 15 is 0 Å². The van der Waals surface area contributed by atoms with Crippen LogP contribution in [0.15, 0.2) is 47.5 Å². The van der Waals surface area contributed by atoms with Crippen LogP contribution in [-0.4, -0.2) is 40.6 Å². The van der Waals surface area contributed by atoms with Crippen molar-refractivity contribution >= 4 is 28.4 Å². The molecular formula is C22H21N9O2. The van der Waals surface area contributed by atoms with E-state index in [0.717, 1.165) is 33.5 Å². The topological polar surface area (TPSA) is 139 Å². The van der Waals surface area contributed by atoms with Gasteiger partial charge in [-0.2, -0.15) is 4.98 Å². The monoisotopic (exact) mass is 443 g/mol. The molecule has 0 unspecified atom stereocenters. The highest BCUT2D eigenvalue weighted by Crippen LogP contribution is 2.26. The number of hydrogen-bond donors (Lipinski definition) is 3. The number of nitrogens with one attached hydrogen (secondary N) is 3. The van der Waals surface area contributed by atoms with E-state index in [1.807, 2.05) is 42.9 Å². The maximum atomic E-state index is 12.6. The Hall–Kier alpha value is -4.54. The largest absolute Gasteiger partial charge is 0.350 e. The molecular weight excluding hydrogens is 422 g/mol. The highest BCUT2D eigenvalue weighted by Gasteiger charge is 2.14. The van der Waals surface area contributed by atoms with Gasteiger partial charge >= 0.3 is 0 Å². The molecule has 4 aromatic heterocycles. The molecule has 0 aliphatic heterocycles. The van der Waals surface area contributed by atoms with Crippen molar-refractivity contribution in [3.8, 4) is 11.4 Å². The first kappa shape index (κ1) is 20.4. The van der Waals surface area contributed by atoms with E-state index in [2.05, 4.69) is 40.7 Å². The lowest BCUT2D eigenvalue weighted by Crippen LogP contribution is -2.23. The molecule has 33 heavy (non-hydrogen) atoms. The summed E-state index contributed by atoms with van der Waals surface area (Å²) in [5.74, 6) is 1.07. The number of aromatic amines is 1. The molecule has 11 heteroatoms. The molecule has 3 N–H and O–H groups in total. The second-order valence-corrected chi connectivity index (χ2v) is 7.67. The Morgan fingerprint density at radius 2 is 2.03 bits per heavy atom. The first-order valence-corrected chi connectivity index (χ1v) is 10.2. The van der Waals surface area contributed by atoms with Gasteiger partial charge in [-0.3, -0.25) is 4.79 Å².